The van der Waals surface area contributed by atoms with Crippen LogP contribution in [-0.4, -0.2) is 28.3 Å². The minimum absolute atomic E-state index is 0.0140. The lowest BCUT2D eigenvalue weighted by Crippen LogP contribution is -2.70. The van der Waals surface area contributed by atoms with Crippen molar-refractivity contribution in [3.8, 4) is 0 Å². The lowest BCUT2D eigenvalue weighted by Gasteiger charge is -2.48. The predicted octanol–water partition coefficient (Wildman–Crippen LogP) is 2.86. The summed E-state index contributed by atoms with van der Waals surface area (Å²) in [6.07, 6.45) is 4.74. The molecule has 1 saturated heterocycles. The molecule has 1 aliphatic heterocycles. The highest BCUT2D eigenvalue weighted by Crippen LogP contribution is 2.37. The monoisotopic (exact) mass is 306 g/mol. The van der Waals surface area contributed by atoms with E-state index in [0.29, 0.717) is 0 Å². The summed E-state index contributed by atoms with van der Waals surface area (Å²) in [7, 11) is 0. The number of carbonyl (C=O) groups excluding carboxylic acids is 2. The van der Waals surface area contributed by atoms with Gasteiger partial charge < -0.3 is 10.2 Å². The molecule has 0 bridgehead atoms. The lowest BCUT2D eigenvalue weighted by molar-refractivity contribution is -0.158. The van der Waals surface area contributed by atoms with Gasteiger partial charge in [-0.3, -0.25) is 9.59 Å². The van der Waals surface area contributed by atoms with Crippen molar-refractivity contribution in [1.82, 2.24) is 10.2 Å². The minimum atomic E-state index is -0.645. The lowest BCUT2D eigenvalue weighted by atomic mass is 9.78. The first kappa shape index (κ1) is 14.6. The molecular formula is C16H22N2O2S. The molecular weight excluding hydrogens is 284 g/mol. The van der Waals surface area contributed by atoms with E-state index in [1.165, 1.54) is 0 Å². The van der Waals surface area contributed by atoms with Crippen molar-refractivity contribution in [3.63, 3.8) is 0 Å². The van der Waals surface area contributed by atoms with E-state index in [1.54, 1.807) is 16.2 Å². The molecule has 114 valence electrons. The van der Waals surface area contributed by atoms with Gasteiger partial charge in [0, 0.05) is 4.88 Å². The third kappa shape index (κ3) is 2.37. The number of rotatable bonds is 2. The van der Waals surface area contributed by atoms with Crippen LogP contribution in [0.3, 0.4) is 0 Å². The standard InChI is InChI=1S/C16H22N2O2S/c1-11(13-7-6-10-21-13)18-12(2)14(19)17-16(15(18)20)8-4-3-5-9-16/h6-7,10-12H,3-5,8-9H2,1-2H3,(H,17,19). The summed E-state index contributed by atoms with van der Waals surface area (Å²) in [4.78, 5) is 28.4. The molecule has 2 heterocycles. The average Bonchev–Trinajstić information content (AvgIpc) is 3.01. The number of carbonyl (C=O) groups is 2. The summed E-state index contributed by atoms with van der Waals surface area (Å²) in [6.45, 7) is 3.85. The van der Waals surface area contributed by atoms with Gasteiger partial charge in [0.1, 0.15) is 11.6 Å². The molecule has 0 radical (unpaired) electrons. The molecule has 2 aliphatic rings. The fourth-order valence-corrected chi connectivity index (χ4v) is 4.40. The van der Waals surface area contributed by atoms with Crippen LogP contribution in [0.15, 0.2) is 17.5 Å². The molecule has 1 aromatic rings. The average molecular weight is 306 g/mol. The maximum absolute atomic E-state index is 13.1. The number of amides is 2. The fraction of sp³-hybridized carbons (Fsp3) is 0.625. The van der Waals surface area contributed by atoms with Crippen LogP contribution in [0.5, 0.6) is 0 Å². The fourth-order valence-electron chi connectivity index (χ4n) is 3.61. The summed E-state index contributed by atoms with van der Waals surface area (Å²) in [5.74, 6) is 0.0927. The maximum Gasteiger partial charge on any atom is 0.249 e. The number of hydrogen-bond acceptors (Lipinski definition) is 3. The van der Waals surface area contributed by atoms with Crippen molar-refractivity contribution in [2.24, 2.45) is 0 Å². The van der Waals surface area contributed by atoms with Gasteiger partial charge in [-0.2, -0.15) is 0 Å². The van der Waals surface area contributed by atoms with Gasteiger partial charge in [-0.1, -0.05) is 25.3 Å². The normalized spacial score (nSPS) is 26.8. The zero-order chi connectivity index (χ0) is 15.0. The van der Waals surface area contributed by atoms with E-state index in [-0.39, 0.29) is 17.9 Å². The van der Waals surface area contributed by atoms with Crippen molar-refractivity contribution < 1.29 is 9.59 Å². The second kappa shape index (κ2) is 5.44. The van der Waals surface area contributed by atoms with Crippen LogP contribution in [0.2, 0.25) is 0 Å². The molecule has 2 atom stereocenters. The number of nitrogens with zero attached hydrogens (tertiary/aromatic N) is 1. The SMILES string of the molecule is CC1C(=O)NC2(CCCCC2)C(=O)N1C(C)c1cccs1. The molecule has 1 aliphatic carbocycles. The van der Waals surface area contributed by atoms with Crippen LogP contribution in [0.25, 0.3) is 0 Å². The molecule has 3 rings (SSSR count). The first-order valence-corrected chi connectivity index (χ1v) is 8.61. The molecule has 0 aromatic carbocycles. The summed E-state index contributed by atoms with van der Waals surface area (Å²) in [5, 5.41) is 5.05. The highest BCUT2D eigenvalue weighted by atomic mass is 32.1. The van der Waals surface area contributed by atoms with Crippen LogP contribution in [-0.2, 0) is 9.59 Å². The van der Waals surface area contributed by atoms with Crippen molar-refractivity contribution in [2.45, 2.75) is 63.6 Å². The molecule has 1 saturated carbocycles. The Morgan fingerprint density at radius 3 is 2.67 bits per heavy atom. The molecule has 2 unspecified atom stereocenters. The Morgan fingerprint density at radius 2 is 2.05 bits per heavy atom. The summed E-state index contributed by atoms with van der Waals surface area (Å²) in [6, 6.07) is 3.58. The Morgan fingerprint density at radius 1 is 1.33 bits per heavy atom. The van der Waals surface area contributed by atoms with E-state index in [9.17, 15) is 9.59 Å². The van der Waals surface area contributed by atoms with Gasteiger partial charge in [-0.25, -0.2) is 0 Å². The molecule has 1 aromatic heterocycles. The molecule has 5 heteroatoms. The minimum Gasteiger partial charge on any atom is -0.340 e. The van der Waals surface area contributed by atoms with Gasteiger partial charge in [-0.15, -0.1) is 11.3 Å². The quantitative estimate of drug-likeness (QED) is 0.913. The highest BCUT2D eigenvalue weighted by molar-refractivity contribution is 7.10. The third-order valence-corrected chi connectivity index (χ3v) is 5.92. The zero-order valence-corrected chi connectivity index (χ0v) is 13.4. The Balaban J connectivity index is 1.93. The molecule has 1 N–H and O–H groups in total. The van der Waals surface area contributed by atoms with Gasteiger partial charge in [0.05, 0.1) is 6.04 Å². The van der Waals surface area contributed by atoms with Crippen molar-refractivity contribution in [1.29, 1.82) is 0 Å². The number of nitrogens with one attached hydrogen (secondary N) is 1. The third-order valence-electron chi connectivity index (χ3n) is 4.88. The van der Waals surface area contributed by atoms with Gasteiger partial charge in [-0.05, 0) is 38.1 Å². The molecule has 2 amide bonds. The first-order chi connectivity index (χ1) is 10.1. The topological polar surface area (TPSA) is 49.4 Å². The number of hydrogen-bond donors (Lipinski definition) is 1. The summed E-state index contributed by atoms with van der Waals surface area (Å²) >= 11 is 1.64. The van der Waals surface area contributed by atoms with Crippen LogP contribution < -0.4 is 5.32 Å². The number of piperazine rings is 1. The molecule has 2 fully saturated rings. The summed E-state index contributed by atoms with van der Waals surface area (Å²) in [5.41, 5.74) is -0.645. The van der Waals surface area contributed by atoms with E-state index in [0.717, 1.165) is 37.0 Å². The largest absolute Gasteiger partial charge is 0.340 e. The maximum atomic E-state index is 13.1. The molecule has 1 spiro atoms. The van der Waals surface area contributed by atoms with Gasteiger partial charge in [0.15, 0.2) is 0 Å². The Kier molecular flexibility index (Phi) is 3.78. The Hall–Kier alpha value is -1.36. The van der Waals surface area contributed by atoms with E-state index in [1.807, 2.05) is 31.4 Å². The van der Waals surface area contributed by atoms with Crippen LogP contribution in [0, 0.1) is 0 Å². The van der Waals surface area contributed by atoms with Crippen LogP contribution in [0.4, 0.5) is 0 Å². The molecule has 21 heavy (non-hydrogen) atoms. The Labute approximate surface area is 129 Å². The van der Waals surface area contributed by atoms with Crippen LogP contribution in [0.1, 0.15) is 56.9 Å². The second-order valence-electron chi connectivity index (χ2n) is 6.21. The van der Waals surface area contributed by atoms with Crippen molar-refractivity contribution >= 4 is 23.2 Å². The Bertz CT molecular complexity index is 534. The van der Waals surface area contributed by atoms with Gasteiger partial charge >= 0.3 is 0 Å². The van der Waals surface area contributed by atoms with E-state index < -0.39 is 11.6 Å². The zero-order valence-electron chi connectivity index (χ0n) is 12.6. The second-order valence-corrected chi connectivity index (χ2v) is 7.19. The smallest absolute Gasteiger partial charge is 0.249 e. The van der Waals surface area contributed by atoms with Gasteiger partial charge in [0.25, 0.3) is 0 Å². The molecule has 4 nitrogen and oxygen atoms in total. The van der Waals surface area contributed by atoms with Crippen LogP contribution >= 0.6 is 11.3 Å². The highest BCUT2D eigenvalue weighted by Gasteiger charge is 2.51. The van der Waals surface area contributed by atoms with Crippen molar-refractivity contribution in [3.05, 3.63) is 22.4 Å². The summed E-state index contributed by atoms with van der Waals surface area (Å²) < 4.78 is 0. The number of thiophene rings is 1. The van der Waals surface area contributed by atoms with E-state index in [2.05, 4.69) is 5.32 Å². The van der Waals surface area contributed by atoms with E-state index >= 15 is 0 Å². The predicted molar refractivity (Wildman–Crippen MR) is 83.0 cm³/mol. The van der Waals surface area contributed by atoms with E-state index in [4.69, 9.17) is 0 Å². The van der Waals surface area contributed by atoms with Gasteiger partial charge in [0.2, 0.25) is 11.8 Å². The first-order valence-electron chi connectivity index (χ1n) is 7.73. The van der Waals surface area contributed by atoms with Crippen molar-refractivity contribution in [2.75, 3.05) is 0 Å².